The molecule has 0 spiro atoms. The Labute approximate surface area is 170 Å². The van der Waals surface area contributed by atoms with E-state index in [0.717, 1.165) is 16.0 Å². The van der Waals surface area contributed by atoms with Gasteiger partial charge in [0.05, 0.1) is 20.4 Å². The highest BCUT2D eigenvalue weighted by Crippen LogP contribution is 2.23. The number of nitrogens with zero attached hydrogens (tertiary/aromatic N) is 3. The van der Waals surface area contributed by atoms with Crippen molar-refractivity contribution < 1.29 is 23.0 Å². The number of hydrogen-bond acceptors (Lipinski definition) is 6. The van der Waals surface area contributed by atoms with Crippen molar-refractivity contribution in [3.63, 3.8) is 0 Å². The maximum atomic E-state index is 13.0. The first kappa shape index (κ1) is 20.5. The summed E-state index contributed by atoms with van der Waals surface area (Å²) in [7, 11) is 3.15. The number of aromatic nitrogens is 3. The molecule has 0 aliphatic heterocycles. The van der Waals surface area contributed by atoms with Gasteiger partial charge in [0, 0.05) is 5.56 Å². The molecule has 0 unspecified atom stereocenters. The maximum Gasteiger partial charge on any atom is 0.299 e. The Balaban J connectivity index is 1.79. The van der Waals surface area contributed by atoms with Gasteiger partial charge in [-0.1, -0.05) is 0 Å². The predicted molar refractivity (Wildman–Crippen MR) is 106 cm³/mol. The van der Waals surface area contributed by atoms with Gasteiger partial charge in [0.25, 0.3) is 6.43 Å². The van der Waals surface area contributed by atoms with Gasteiger partial charge in [0.2, 0.25) is 10.6 Å². The van der Waals surface area contributed by atoms with Crippen LogP contribution in [0.5, 0.6) is 17.2 Å². The molecule has 0 saturated heterocycles. The summed E-state index contributed by atoms with van der Waals surface area (Å²) in [5.74, 6) is 1.47. The van der Waals surface area contributed by atoms with Crippen LogP contribution in [0, 0.1) is 4.77 Å². The molecule has 10 heteroatoms. The molecule has 1 aromatic heterocycles. The van der Waals surface area contributed by atoms with Crippen LogP contribution in [0.25, 0.3) is 0 Å². The Hall–Kier alpha value is -3.27. The minimum Gasteiger partial charge on any atom is -0.497 e. The average molecular weight is 420 g/mol. The molecule has 0 saturated carbocycles. The van der Waals surface area contributed by atoms with Crippen molar-refractivity contribution in [1.82, 2.24) is 14.9 Å². The second kappa shape index (κ2) is 9.28. The van der Waals surface area contributed by atoms with Crippen LogP contribution in [0.1, 0.15) is 23.4 Å². The van der Waals surface area contributed by atoms with Crippen molar-refractivity contribution in [3.05, 3.63) is 64.2 Å². The third-order valence-electron chi connectivity index (χ3n) is 3.95. The minimum absolute atomic E-state index is 0.0203. The van der Waals surface area contributed by atoms with Crippen LogP contribution in [0.15, 0.2) is 47.6 Å². The molecule has 0 aliphatic carbocycles. The second-order valence-corrected chi connectivity index (χ2v) is 6.17. The molecule has 7 nitrogen and oxygen atoms in total. The number of nitrogens with one attached hydrogen (secondary N) is 1. The van der Waals surface area contributed by atoms with Gasteiger partial charge in [-0.3, -0.25) is 0 Å². The number of methoxy groups -OCH3 is 2. The van der Waals surface area contributed by atoms with E-state index >= 15 is 0 Å². The molecule has 152 valence electrons. The largest absolute Gasteiger partial charge is 0.497 e. The molecule has 29 heavy (non-hydrogen) atoms. The van der Waals surface area contributed by atoms with E-state index in [-0.39, 0.29) is 11.4 Å². The van der Waals surface area contributed by atoms with Crippen molar-refractivity contribution >= 4 is 18.4 Å². The van der Waals surface area contributed by atoms with Gasteiger partial charge in [-0.15, -0.1) is 0 Å². The first-order chi connectivity index (χ1) is 14.0. The summed E-state index contributed by atoms with van der Waals surface area (Å²) in [4.78, 5) is 0. The molecule has 3 aromatic rings. The number of rotatable bonds is 8. The number of halogens is 2. The number of hydrogen-bond donors (Lipinski definition) is 1. The molecule has 0 atom stereocenters. The van der Waals surface area contributed by atoms with E-state index in [1.807, 2.05) is 0 Å². The highest BCUT2D eigenvalue weighted by Gasteiger charge is 2.16. The van der Waals surface area contributed by atoms with Gasteiger partial charge in [-0.25, -0.2) is 13.9 Å². The Morgan fingerprint density at radius 3 is 2.52 bits per heavy atom. The van der Waals surface area contributed by atoms with Crippen molar-refractivity contribution in [2.75, 3.05) is 14.2 Å². The minimum atomic E-state index is -2.80. The highest BCUT2D eigenvalue weighted by molar-refractivity contribution is 7.71. The van der Waals surface area contributed by atoms with Gasteiger partial charge in [-0.2, -0.15) is 14.9 Å². The Morgan fingerprint density at radius 1 is 1.14 bits per heavy atom. The van der Waals surface area contributed by atoms with Crippen LogP contribution in [-0.2, 0) is 6.61 Å². The fourth-order valence-electron chi connectivity index (χ4n) is 2.51. The van der Waals surface area contributed by atoms with Gasteiger partial charge in [-0.05, 0) is 60.2 Å². The number of aromatic amines is 1. The van der Waals surface area contributed by atoms with E-state index in [2.05, 4.69) is 15.3 Å². The van der Waals surface area contributed by atoms with E-state index in [0.29, 0.717) is 17.1 Å². The average Bonchev–Trinajstić information content (AvgIpc) is 3.11. The topological polar surface area (TPSA) is 73.7 Å². The van der Waals surface area contributed by atoms with Crippen molar-refractivity contribution in [3.8, 4) is 17.2 Å². The lowest BCUT2D eigenvalue weighted by atomic mass is 10.1. The quantitative estimate of drug-likeness (QED) is 0.433. The summed E-state index contributed by atoms with van der Waals surface area (Å²) < 4.78 is 43.1. The number of H-pyrrole nitrogens is 1. The SMILES string of the molecule is COc1ccc(OCc2cc(/C=N\n3c(C(F)F)n[nH]c3=S)ccc2OC)cc1. The van der Waals surface area contributed by atoms with Crippen LogP contribution in [-0.4, -0.2) is 35.3 Å². The molecule has 0 amide bonds. The molecule has 1 heterocycles. The van der Waals surface area contributed by atoms with Crippen molar-refractivity contribution in [1.29, 1.82) is 0 Å². The van der Waals surface area contributed by atoms with E-state index in [1.54, 1.807) is 56.7 Å². The lowest BCUT2D eigenvalue weighted by molar-refractivity contribution is 0.136. The summed E-state index contributed by atoms with van der Waals surface area (Å²) in [6.07, 6.45) is -1.39. The first-order valence-electron chi connectivity index (χ1n) is 8.45. The summed E-state index contributed by atoms with van der Waals surface area (Å²) in [6, 6.07) is 12.5. The molecular weight excluding hydrogens is 402 g/mol. The zero-order chi connectivity index (χ0) is 20.8. The molecule has 2 aromatic carbocycles. The Morgan fingerprint density at radius 2 is 1.86 bits per heavy atom. The molecule has 0 bridgehead atoms. The van der Waals surface area contributed by atoms with Crippen LogP contribution >= 0.6 is 12.2 Å². The molecule has 0 fully saturated rings. The van der Waals surface area contributed by atoms with E-state index < -0.39 is 12.2 Å². The third-order valence-corrected chi connectivity index (χ3v) is 4.22. The molecule has 0 radical (unpaired) electrons. The van der Waals surface area contributed by atoms with Gasteiger partial charge >= 0.3 is 0 Å². The standard InChI is InChI=1S/C19H18F2N4O3S/c1-26-14-4-6-15(7-5-14)28-11-13-9-12(3-8-16(13)27-2)10-22-25-18(17(20)21)23-24-19(25)29/h3-10,17H,11H2,1-2H3,(H,24,29)/b22-10-. The van der Waals surface area contributed by atoms with E-state index in [9.17, 15) is 8.78 Å². The van der Waals surface area contributed by atoms with Crippen LogP contribution in [0.4, 0.5) is 8.78 Å². The van der Waals surface area contributed by atoms with Gasteiger partial charge in [0.15, 0.2) is 0 Å². The lowest BCUT2D eigenvalue weighted by Gasteiger charge is -2.11. The molecule has 0 aliphatic rings. The fraction of sp³-hybridized carbons (Fsp3) is 0.211. The normalized spacial score (nSPS) is 11.2. The van der Waals surface area contributed by atoms with Crippen LogP contribution < -0.4 is 14.2 Å². The monoisotopic (exact) mass is 420 g/mol. The zero-order valence-electron chi connectivity index (χ0n) is 15.6. The molecule has 1 N–H and O–H groups in total. The zero-order valence-corrected chi connectivity index (χ0v) is 16.5. The summed E-state index contributed by atoms with van der Waals surface area (Å²) in [5, 5.41) is 9.79. The number of ether oxygens (including phenoxy) is 3. The van der Waals surface area contributed by atoms with E-state index in [1.165, 1.54) is 6.21 Å². The van der Waals surface area contributed by atoms with Gasteiger partial charge < -0.3 is 14.2 Å². The molecular formula is C19H18F2N4O3S. The fourth-order valence-corrected chi connectivity index (χ4v) is 2.69. The second-order valence-electron chi connectivity index (χ2n) is 5.78. The third kappa shape index (κ3) is 4.96. The Bertz CT molecular complexity index is 1050. The predicted octanol–water partition coefficient (Wildman–Crippen LogP) is 4.36. The lowest BCUT2D eigenvalue weighted by Crippen LogP contribution is -2.01. The Kier molecular flexibility index (Phi) is 6.55. The summed E-state index contributed by atoms with van der Waals surface area (Å²) in [5.41, 5.74) is 1.42. The summed E-state index contributed by atoms with van der Waals surface area (Å²) >= 11 is 4.94. The van der Waals surface area contributed by atoms with Crippen LogP contribution in [0.3, 0.4) is 0 Å². The number of alkyl halides is 2. The van der Waals surface area contributed by atoms with E-state index in [4.69, 9.17) is 26.4 Å². The van der Waals surface area contributed by atoms with Crippen LogP contribution in [0.2, 0.25) is 0 Å². The van der Waals surface area contributed by atoms with Crippen molar-refractivity contribution in [2.45, 2.75) is 13.0 Å². The summed E-state index contributed by atoms with van der Waals surface area (Å²) in [6.45, 7) is 0.241. The van der Waals surface area contributed by atoms with Gasteiger partial charge in [0.1, 0.15) is 23.9 Å². The highest BCUT2D eigenvalue weighted by atomic mass is 32.1. The number of benzene rings is 2. The smallest absolute Gasteiger partial charge is 0.299 e. The maximum absolute atomic E-state index is 13.0. The molecule has 3 rings (SSSR count). The van der Waals surface area contributed by atoms with Crippen molar-refractivity contribution in [2.24, 2.45) is 5.10 Å². The first-order valence-corrected chi connectivity index (χ1v) is 8.86.